The summed E-state index contributed by atoms with van der Waals surface area (Å²) in [4.78, 5) is 16.1. The molecule has 12 aromatic rings. The van der Waals surface area contributed by atoms with Gasteiger partial charge in [0.05, 0.1) is 22.1 Å². The summed E-state index contributed by atoms with van der Waals surface area (Å²) in [5.74, 6) is 1.83. The highest BCUT2D eigenvalue weighted by molar-refractivity contribution is 7.26. The zero-order valence-corrected chi connectivity index (χ0v) is 31.4. The van der Waals surface area contributed by atoms with Gasteiger partial charge in [0.25, 0.3) is 0 Å². The molecule has 0 unspecified atom stereocenters. The van der Waals surface area contributed by atoms with Crippen LogP contribution >= 0.6 is 11.3 Å². The summed E-state index contributed by atoms with van der Waals surface area (Å²) in [6.07, 6.45) is 0. The van der Waals surface area contributed by atoms with Crippen LogP contribution in [0.3, 0.4) is 0 Å². The lowest BCUT2D eigenvalue weighted by atomic mass is 9.98. The van der Waals surface area contributed by atoms with Crippen LogP contribution in [0.1, 0.15) is 0 Å². The van der Waals surface area contributed by atoms with Gasteiger partial charge in [-0.2, -0.15) is 9.97 Å². The summed E-state index contributed by atoms with van der Waals surface area (Å²) in [6.45, 7) is 0. The van der Waals surface area contributed by atoms with Crippen LogP contribution in [0.4, 0.5) is 0 Å². The molecule has 57 heavy (non-hydrogen) atoms. The van der Waals surface area contributed by atoms with Crippen molar-refractivity contribution >= 4 is 75.1 Å². The molecule has 4 heterocycles. The predicted octanol–water partition coefficient (Wildman–Crippen LogP) is 13.4. The molecule has 0 saturated heterocycles. The fourth-order valence-electron chi connectivity index (χ4n) is 8.71. The Labute approximate surface area is 331 Å². The second kappa shape index (κ2) is 12.6. The highest BCUT2D eigenvalue weighted by Crippen LogP contribution is 2.46. The van der Waals surface area contributed by atoms with Gasteiger partial charge in [-0.15, -0.1) is 11.3 Å². The minimum absolute atomic E-state index is 0.581. The molecule has 266 valence electrons. The number of hydrogen-bond donors (Lipinski definition) is 0. The average Bonchev–Trinajstić information content (AvgIpc) is 3.94. The van der Waals surface area contributed by atoms with Gasteiger partial charge < -0.3 is 4.57 Å². The summed E-state index contributed by atoms with van der Waals surface area (Å²) >= 11 is 1.80. The Morgan fingerprint density at radius 3 is 1.47 bits per heavy atom. The van der Waals surface area contributed by atoms with Crippen molar-refractivity contribution in [2.24, 2.45) is 0 Å². The molecule has 4 aromatic heterocycles. The Morgan fingerprint density at radius 2 is 0.877 bits per heavy atom. The molecule has 6 heteroatoms. The first-order valence-electron chi connectivity index (χ1n) is 19.1. The molecular formula is C51H31N5S. The smallest absolute Gasteiger partial charge is 0.238 e. The fraction of sp³-hybridized carbons (Fsp3) is 0. The Morgan fingerprint density at radius 1 is 0.368 bits per heavy atom. The summed E-state index contributed by atoms with van der Waals surface area (Å²) in [7, 11) is 0. The topological polar surface area (TPSA) is 48.5 Å². The van der Waals surface area contributed by atoms with E-state index in [2.05, 4.69) is 179 Å². The molecule has 0 atom stereocenters. The minimum Gasteiger partial charge on any atom is -0.309 e. The van der Waals surface area contributed by atoms with Gasteiger partial charge in [-0.25, -0.2) is 4.98 Å². The molecule has 0 N–H and O–H groups in total. The highest BCUT2D eigenvalue weighted by Gasteiger charge is 2.23. The van der Waals surface area contributed by atoms with Crippen LogP contribution in [0, 0.1) is 0 Å². The molecule has 12 rings (SSSR count). The minimum atomic E-state index is 0.581. The Kier molecular flexibility index (Phi) is 7.03. The molecule has 0 aliphatic rings. The van der Waals surface area contributed by atoms with Crippen molar-refractivity contribution in [3.05, 3.63) is 188 Å². The van der Waals surface area contributed by atoms with Crippen molar-refractivity contribution < 1.29 is 0 Å². The van der Waals surface area contributed by atoms with Crippen molar-refractivity contribution in [1.82, 2.24) is 24.1 Å². The van der Waals surface area contributed by atoms with E-state index in [1.165, 1.54) is 37.4 Å². The monoisotopic (exact) mass is 745 g/mol. The van der Waals surface area contributed by atoms with Gasteiger partial charge in [0.1, 0.15) is 0 Å². The Hall–Kier alpha value is -7.41. The molecule has 0 radical (unpaired) electrons. The third-order valence-corrected chi connectivity index (χ3v) is 12.4. The van der Waals surface area contributed by atoms with Gasteiger partial charge in [-0.3, -0.25) is 4.57 Å². The summed E-state index contributed by atoms with van der Waals surface area (Å²) in [5.41, 5.74) is 9.74. The van der Waals surface area contributed by atoms with Crippen molar-refractivity contribution in [2.45, 2.75) is 0 Å². The van der Waals surface area contributed by atoms with E-state index in [4.69, 9.17) is 15.0 Å². The SMILES string of the molecule is c1ccc(-c2nc(-c3cc(-n4c5ccccc5c5ccccc54)cc4c3sc3cccc(-c5ccccc5)c34)nc(-n3c4ccccc4c4ccccc43)n2)cc1. The maximum atomic E-state index is 5.46. The molecule has 8 aromatic carbocycles. The number of aromatic nitrogens is 5. The molecule has 0 aliphatic heterocycles. The molecule has 0 amide bonds. The summed E-state index contributed by atoms with van der Waals surface area (Å²) < 4.78 is 6.94. The lowest BCUT2D eigenvalue weighted by molar-refractivity contribution is 0.954. The predicted molar refractivity (Wildman–Crippen MR) is 238 cm³/mol. The number of rotatable bonds is 5. The van der Waals surface area contributed by atoms with E-state index in [1.807, 2.05) is 18.2 Å². The van der Waals surface area contributed by atoms with Crippen LogP contribution in [0.25, 0.3) is 109 Å². The molecule has 0 bridgehead atoms. The first-order chi connectivity index (χ1) is 28.3. The largest absolute Gasteiger partial charge is 0.309 e. The third-order valence-electron chi connectivity index (χ3n) is 11.2. The van der Waals surface area contributed by atoms with Crippen LogP contribution in [-0.4, -0.2) is 24.1 Å². The molecule has 0 saturated carbocycles. The Balaban J connectivity index is 1.23. The van der Waals surface area contributed by atoms with Crippen molar-refractivity contribution in [1.29, 1.82) is 0 Å². The number of para-hydroxylation sites is 4. The van der Waals surface area contributed by atoms with E-state index in [0.717, 1.165) is 54.4 Å². The molecular weight excluding hydrogens is 715 g/mol. The van der Waals surface area contributed by atoms with Gasteiger partial charge in [0.15, 0.2) is 11.6 Å². The van der Waals surface area contributed by atoms with Gasteiger partial charge in [-0.1, -0.05) is 146 Å². The normalized spacial score (nSPS) is 11.9. The number of fused-ring (bicyclic) bond motifs is 9. The molecule has 0 aliphatic carbocycles. The lowest BCUT2D eigenvalue weighted by Crippen LogP contribution is -2.06. The van der Waals surface area contributed by atoms with Crippen molar-refractivity contribution in [3.63, 3.8) is 0 Å². The number of benzene rings is 8. The van der Waals surface area contributed by atoms with Crippen LogP contribution in [0.5, 0.6) is 0 Å². The zero-order chi connectivity index (χ0) is 37.5. The summed E-state index contributed by atoms with van der Waals surface area (Å²) in [6, 6.07) is 66.7. The standard InChI is InChI=1S/C51H31N5S/c1-3-16-32(17-4-1)35-24-15-29-46-47(35)40-30-34(55-42-25-11-7-20-36(42)37-21-8-12-26-43(37)55)31-41(48(40)57-46)50-52-49(33-18-5-2-6-19-33)53-51(54-50)56-44-27-13-9-22-38(44)39-23-10-14-28-45(39)56/h1-31H. The number of hydrogen-bond acceptors (Lipinski definition) is 4. The van der Waals surface area contributed by atoms with Gasteiger partial charge in [0, 0.05) is 58.5 Å². The molecule has 0 fully saturated rings. The van der Waals surface area contributed by atoms with E-state index in [0.29, 0.717) is 17.6 Å². The average molecular weight is 746 g/mol. The second-order valence-corrected chi connectivity index (χ2v) is 15.5. The van der Waals surface area contributed by atoms with Crippen LogP contribution in [0.2, 0.25) is 0 Å². The Bertz CT molecular complexity index is 3420. The second-order valence-electron chi connectivity index (χ2n) is 14.4. The maximum absolute atomic E-state index is 5.46. The van der Waals surface area contributed by atoms with Crippen LogP contribution in [-0.2, 0) is 0 Å². The quantitative estimate of drug-likeness (QED) is 0.176. The maximum Gasteiger partial charge on any atom is 0.238 e. The number of thiophene rings is 1. The molecule has 5 nitrogen and oxygen atoms in total. The highest BCUT2D eigenvalue weighted by atomic mass is 32.1. The van der Waals surface area contributed by atoms with E-state index >= 15 is 0 Å². The fourth-order valence-corrected chi connectivity index (χ4v) is 9.93. The summed E-state index contributed by atoms with van der Waals surface area (Å²) in [5, 5.41) is 7.15. The van der Waals surface area contributed by atoms with Gasteiger partial charge in [0.2, 0.25) is 5.95 Å². The first kappa shape index (κ1) is 31.9. The van der Waals surface area contributed by atoms with Gasteiger partial charge >= 0.3 is 0 Å². The van der Waals surface area contributed by atoms with E-state index in [9.17, 15) is 0 Å². The third kappa shape index (κ3) is 4.91. The van der Waals surface area contributed by atoms with E-state index in [1.54, 1.807) is 11.3 Å². The number of nitrogens with zero attached hydrogens (tertiary/aromatic N) is 5. The van der Waals surface area contributed by atoms with E-state index in [-0.39, 0.29) is 0 Å². The lowest BCUT2D eigenvalue weighted by Gasteiger charge is -2.14. The van der Waals surface area contributed by atoms with E-state index < -0.39 is 0 Å². The first-order valence-corrected chi connectivity index (χ1v) is 19.9. The van der Waals surface area contributed by atoms with Crippen LogP contribution < -0.4 is 0 Å². The zero-order valence-electron chi connectivity index (χ0n) is 30.5. The van der Waals surface area contributed by atoms with Crippen molar-refractivity contribution in [3.8, 4) is 45.5 Å². The van der Waals surface area contributed by atoms with Crippen molar-refractivity contribution in [2.75, 3.05) is 0 Å². The molecule has 0 spiro atoms. The van der Waals surface area contributed by atoms with Gasteiger partial charge in [-0.05, 0) is 53.6 Å². The van der Waals surface area contributed by atoms with Crippen LogP contribution in [0.15, 0.2) is 188 Å².